The van der Waals surface area contributed by atoms with Crippen molar-refractivity contribution in [2.45, 2.75) is 51.9 Å². The fraction of sp³-hybridized carbons (Fsp3) is 0.550. The summed E-state index contributed by atoms with van der Waals surface area (Å²) in [6.07, 6.45) is 7.34. The molecule has 0 heterocycles. The minimum atomic E-state index is 0.181. The number of hydrogen-bond donors (Lipinski definition) is 2. The topological polar surface area (TPSA) is 41.1 Å². The standard InChI is InChI=1S/C20H30N2O/c1-16(19-11-12-19)18-9-7-17(8-10-18)13-15-22-20(23)6-4-3-5-14-21-2/h7-10,21H,3-6,11-15H2,1-2H3,(H,22,23). The molecule has 0 radical (unpaired) electrons. The summed E-state index contributed by atoms with van der Waals surface area (Å²) in [7, 11) is 1.96. The molecular formula is C20H30N2O. The number of hydrogen-bond acceptors (Lipinski definition) is 2. The van der Waals surface area contributed by atoms with Crippen LogP contribution in [0.2, 0.25) is 0 Å². The van der Waals surface area contributed by atoms with Gasteiger partial charge in [-0.1, -0.05) is 36.3 Å². The fourth-order valence-corrected chi connectivity index (χ4v) is 2.76. The van der Waals surface area contributed by atoms with E-state index in [-0.39, 0.29) is 5.91 Å². The second-order valence-electron chi connectivity index (χ2n) is 6.44. The number of benzene rings is 1. The van der Waals surface area contributed by atoms with Gasteiger partial charge in [0.2, 0.25) is 5.91 Å². The summed E-state index contributed by atoms with van der Waals surface area (Å²) in [6, 6.07) is 8.79. The monoisotopic (exact) mass is 314 g/mol. The third kappa shape index (κ3) is 6.57. The van der Waals surface area contributed by atoms with E-state index in [1.165, 1.54) is 29.5 Å². The summed E-state index contributed by atoms with van der Waals surface area (Å²) in [5.41, 5.74) is 5.67. The van der Waals surface area contributed by atoms with E-state index in [2.05, 4.69) is 41.8 Å². The van der Waals surface area contributed by atoms with E-state index in [9.17, 15) is 4.79 Å². The summed E-state index contributed by atoms with van der Waals surface area (Å²) in [4.78, 5) is 11.8. The Balaban J connectivity index is 1.62. The van der Waals surface area contributed by atoms with E-state index >= 15 is 0 Å². The highest BCUT2D eigenvalue weighted by atomic mass is 16.1. The molecule has 1 aliphatic rings. The highest BCUT2D eigenvalue weighted by Gasteiger charge is 2.15. The molecule has 0 saturated heterocycles. The van der Waals surface area contributed by atoms with Crippen LogP contribution >= 0.6 is 0 Å². The van der Waals surface area contributed by atoms with Crippen LogP contribution in [0.5, 0.6) is 0 Å². The number of nitrogens with one attached hydrogen (secondary N) is 2. The van der Waals surface area contributed by atoms with Gasteiger partial charge < -0.3 is 10.6 Å². The molecule has 126 valence electrons. The Hall–Kier alpha value is -1.61. The van der Waals surface area contributed by atoms with Gasteiger partial charge in [-0.2, -0.15) is 0 Å². The first-order valence-corrected chi connectivity index (χ1v) is 8.90. The molecule has 0 aliphatic heterocycles. The predicted molar refractivity (Wildman–Crippen MR) is 97.4 cm³/mol. The predicted octanol–water partition coefficient (Wildman–Crippen LogP) is 3.69. The quantitative estimate of drug-likeness (QED) is 0.647. The van der Waals surface area contributed by atoms with Crippen LogP contribution in [0.3, 0.4) is 0 Å². The minimum absolute atomic E-state index is 0.181. The van der Waals surface area contributed by atoms with Crippen LogP contribution in [0, 0.1) is 0 Å². The van der Waals surface area contributed by atoms with Crippen LogP contribution in [0.25, 0.3) is 5.57 Å². The SMILES string of the molecule is CNCCCCCC(=O)NCCc1ccc(C(C)=C2CC2)cc1. The highest BCUT2D eigenvalue weighted by Crippen LogP contribution is 2.35. The zero-order chi connectivity index (χ0) is 16.5. The second kappa shape index (κ2) is 9.51. The zero-order valence-corrected chi connectivity index (χ0v) is 14.6. The lowest BCUT2D eigenvalue weighted by molar-refractivity contribution is -0.121. The van der Waals surface area contributed by atoms with Crippen molar-refractivity contribution in [3.63, 3.8) is 0 Å². The van der Waals surface area contributed by atoms with Crippen molar-refractivity contribution in [3.8, 4) is 0 Å². The Morgan fingerprint density at radius 3 is 2.43 bits per heavy atom. The van der Waals surface area contributed by atoms with E-state index in [1.54, 1.807) is 5.57 Å². The molecule has 0 atom stereocenters. The summed E-state index contributed by atoms with van der Waals surface area (Å²) in [6.45, 7) is 3.98. The maximum absolute atomic E-state index is 11.8. The molecule has 3 nitrogen and oxygen atoms in total. The molecule has 1 aliphatic carbocycles. The number of allylic oxidation sites excluding steroid dienone is 2. The molecule has 0 bridgehead atoms. The van der Waals surface area contributed by atoms with E-state index in [4.69, 9.17) is 0 Å². The largest absolute Gasteiger partial charge is 0.356 e. The summed E-state index contributed by atoms with van der Waals surface area (Å²) >= 11 is 0. The normalized spacial score (nSPS) is 13.0. The summed E-state index contributed by atoms with van der Waals surface area (Å²) in [5.74, 6) is 0.181. The molecule has 3 heteroatoms. The molecule has 1 saturated carbocycles. The first-order chi connectivity index (χ1) is 11.2. The van der Waals surface area contributed by atoms with Crippen LogP contribution in [-0.4, -0.2) is 26.0 Å². The smallest absolute Gasteiger partial charge is 0.220 e. The lowest BCUT2D eigenvalue weighted by Gasteiger charge is -2.07. The first-order valence-electron chi connectivity index (χ1n) is 8.90. The maximum Gasteiger partial charge on any atom is 0.220 e. The molecule has 1 aromatic rings. The average Bonchev–Trinajstić information content (AvgIpc) is 3.39. The van der Waals surface area contributed by atoms with E-state index in [0.29, 0.717) is 6.42 Å². The van der Waals surface area contributed by atoms with Gasteiger partial charge in [0.1, 0.15) is 0 Å². The van der Waals surface area contributed by atoms with E-state index in [0.717, 1.165) is 38.8 Å². The van der Waals surface area contributed by atoms with Gasteiger partial charge in [-0.05, 0) is 69.3 Å². The second-order valence-corrected chi connectivity index (χ2v) is 6.44. The Bertz CT molecular complexity index is 525. The van der Waals surface area contributed by atoms with Crippen molar-refractivity contribution < 1.29 is 4.79 Å². The van der Waals surface area contributed by atoms with Crippen molar-refractivity contribution in [2.24, 2.45) is 0 Å². The van der Waals surface area contributed by atoms with Crippen LogP contribution in [0.1, 0.15) is 56.6 Å². The van der Waals surface area contributed by atoms with Crippen molar-refractivity contribution in [2.75, 3.05) is 20.1 Å². The van der Waals surface area contributed by atoms with Gasteiger partial charge in [-0.15, -0.1) is 0 Å². The molecule has 0 unspecified atom stereocenters. The Morgan fingerprint density at radius 1 is 1.04 bits per heavy atom. The first kappa shape index (κ1) is 17.7. The van der Waals surface area contributed by atoms with Gasteiger partial charge in [0.15, 0.2) is 0 Å². The number of carbonyl (C=O) groups excluding carboxylic acids is 1. The van der Waals surface area contributed by atoms with Gasteiger partial charge in [-0.25, -0.2) is 0 Å². The molecule has 0 aromatic heterocycles. The van der Waals surface area contributed by atoms with Crippen molar-refractivity contribution >= 4 is 11.5 Å². The van der Waals surface area contributed by atoms with Crippen LogP contribution in [0.4, 0.5) is 0 Å². The Kier molecular flexibility index (Phi) is 7.34. The fourth-order valence-electron chi connectivity index (χ4n) is 2.76. The Morgan fingerprint density at radius 2 is 1.78 bits per heavy atom. The van der Waals surface area contributed by atoms with Crippen LogP contribution < -0.4 is 10.6 Å². The van der Waals surface area contributed by atoms with Crippen molar-refractivity contribution in [1.29, 1.82) is 0 Å². The van der Waals surface area contributed by atoms with Gasteiger partial charge >= 0.3 is 0 Å². The van der Waals surface area contributed by atoms with Crippen molar-refractivity contribution in [3.05, 3.63) is 41.0 Å². The number of rotatable bonds is 10. The lowest BCUT2D eigenvalue weighted by atomic mass is 10.0. The third-order valence-corrected chi connectivity index (χ3v) is 4.48. The van der Waals surface area contributed by atoms with Gasteiger partial charge in [0.05, 0.1) is 0 Å². The molecule has 23 heavy (non-hydrogen) atoms. The molecule has 0 spiro atoms. The third-order valence-electron chi connectivity index (χ3n) is 4.48. The maximum atomic E-state index is 11.8. The minimum Gasteiger partial charge on any atom is -0.356 e. The highest BCUT2D eigenvalue weighted by molar-refractivity contribution is 5.75. The van der Waals surface area contributed by atoms with Gasteiger partial charge in [0, 0.05) is 13.0 Å². The number of unbranched alkanes of at least 4 members (excludes halogenated alkanes) is 2. The Labute approximate surface area is 140 Å². The van der Waals surface area contributed by atoms with Crippen LogP contribution in [0.15, 0.2) is 29.8 Å². The van der Waals surface area contributed by atoms with Gasteiger partial charge in [0.25, 0.3) is 0 Å². The zero-order valence-electron chi connectivity index (χ0n) is 14.6. The molecular weight excluding hydrogens is 284 g/mol. The molecule has 1 amide bonds. The lowest BCUT2D eigenvalue weighted by Crippen LogP contribution is -2.25. The molecule has 1 aromatic carbocycles. The number of amides is 1. The van der Waals surface area contributed by atoms with Crippen molar-refractivity contribution in [1.82, 2.24) is 10.6 Å². The summed E-state index contributed by atoms with van der Waals surface area (Å²) < 4.78 is 0. The van der Waals surface area contributed by atoms with E-state index < -0.39 is 0 Å². The average molecular weight is 314 g/mol. The summed E-state index contributed by atoms with van der Waals surface area (Å²) in [5, 5.41) is 6.15. The van der Waals surface area contributed by atoms with Gasteiger partial charge in [-0.3, -0.25) is 4.79 Å². The molecule has 1 fully saturated rings. The van der Waals surface area contributed by atoms with E-state index in [1.807, 2.05) is 7.05 Å². The number of carbonyl (C=O) groups is 1. The molecule has 2 rings (SSSR count). The van der Waals surface area contributed by atoms with Crippen LogP contribution in [-0.2, 0) is 11.2 Å². The molecule has 2 N–H and O–H groups in total.